The zero-order chi connectivity index (χ0) is 30.8. The summed E-state index contributed by atoms with van der Waals surface area (Å²) < 4.78 is 1.81. The molecule has 3 aliphatic rings. The fourth-order valence-electron chi connectivity index (χ4n) is 7.42. The zero-order valence-electron chi connectivity index (χ0n) is 25.6. The van der Waals surface area contributed by atoms with Crippen LogP contribution >= 0.6 is 0 Å². The Morgan fingerprint density at radius 2 is 1.67 bits per heavy atom. The van der Waals surface area contributed by atoms with Crippen molar-refractivity contribution in [2.75, 3.05) is 39.3 Å². The predicted octanol–water partition coefficient (Wildman–Crippen LogP) is 3.57. The maximum Gasteiger partial charge on any atom is 0.426 e. The Balaban J connectivity index is 0.989. The van der Waals surface area contributed by atoms with Gasteiger partial charge in [0.2, 0.25) is 5.91 Å². The highest BCUT2D eigenvalue weighted by molar-refractivity contribution is 5.86. The minimum absolute atomic E-state index is 0.0107. The second kappa shape index (κ2) is 13.1. The first-order valence-electron chi connectivity index (χ1n) is 16.4. The van der Waals surface area contributed by atoms with E-state index in [0.717, 1.165) is 53.4 Å². The van der Waals surface area contributed by atoms with Crippen LogP contribution in [0.2, 0.25) is 0 Å². The molecule has 3 saturated heterocycles. The molecule has 3 N–H and O–H groups in total. The molecule has 45 heavy (non-hydrogen) atoms. The molecule has 3 fully saturated rings. The van der Waals surface area contributed by atoms with Crippen LogP contribution in [0.5, 0.6) is 0 Å². The molecule has 12 heteroatoms. The van der Waals surface area contributed by atoms with E-state index < -0.39 is 12.1 Å². The van der Waals surface area contributed by atoms with Gasteiger partial charge in [0, 0.05) is 50.1 Å². The largest absolute Gasteiger partial charge is 0.426 e. The number of carbonyl (C=O) groups is 2. The molecule has 3 aliphatic heterocycles. The van der Waals surface area contributed by atoms with Crippen LogP contribution in [-0.2, 0) is 16.1 Å². The van der Waals surface area contributed by atoms with Gasteiger partial charge in [-0.2, -0.15) is 5.10 Å². The molecule has 2 aromatic heterocycles. The number of benzene rings is 2. The Bertz CT molecular complexity index is 1690. The molecule has 2 aromatic carbocycles. The molecule has 0 bridgehead atoms. The maximum atomic E-state index is 13.9. The van der Waals surface area contributed by atoms with Crippen molar-refractivity contribution in [2.24, 2.45) is 0 Å². The second-order valence-corrected chi connectivity index (χ2v) is 12.7. The quantitative estimate of drug-likeness (QED) is 0.290. The van der Waals surface area contributed by atoms with Crippen molar-refractivity contribution in [2.45, 2.75) is 69.5 Å². The predicted molar refractivity (Wildman–Crippen MR) is 171 cm³/mol. The number of carbonyl (C=O) groups excluding carboxylic acids is 2. The summed E-state index contributed by atoms with van der Waals surface area (Å²) in [4.78, 5) is 53.0. The molecule has 5 heterocycles. The van der Waals surface area contributed by atoms with Crippen LogP contribution in [0.25, 0.3) is 21.9 Å². The molecule has 12 nitrogen and oxygen atoms in total. The van der Waals surface area contributed by atoms with E-state index in [2.05, 4.69) is 25.4 Å². The number of hydrogen-bond acceptors (Lipinski definition) is 7. The third-order valence-corrected chi connectivity index (χ3v) is 9.84. The number of rotatable bonds is 7. The second-order valence-electron chi connectivity index (χ2n) is 12.7. The number of hydroxylamine groups is 2. The van der Waals surface area contributed by atoms with Gasteiger partial charge < -0.3 is 24.9 Å². The van der Waals surface area contributed by atoms with E-state index in [4.69, 9.17) is 4.84 Å². The molecule has 0 spiro atoms. The summed E-state index contributed by atoms with van der Waals surface area (Å²) in [6.07, 6.45) is 8.54. The molecule has 0 aliphatic carbocycles. The van der Waals surface area contributed by atoms with E-state index in [-0.39, 0.29) is 17.6 Å². The Kier molecular flexibility index (Phi) is 8.57. The average molecular weight is 615 g/mol. The number of hydrogen-bond donors (Lipinski definition) is 3. The summed E-state index contributed by atoms with van der Waals surface area (Å²) in [6.45, 7) is 4.67. The van der Waals surface area contributed by atoms with Crippen LogP contribution in [0.15, 0.2) is 53.5 Å². The number of likely N-dealkylation sites (tertiary alicyclic amines) is 2. The van der Waals surface area contributed by atoms with Crippen LogP contribution < -0.4 is 11.0 Å². The van der Waals surface area contributed by atoms with Gasteiger partial charge in [-0.05, 0) is 81.4 Å². The molecule has 0 radical (unpaired) electrons. The summed E-state index contributed by atoms with van der Waals surface area (Å²) in [5, 5.41) is 12.6. The average Bonchev–Trinajstić information content (AvgIpc) is 3.68. The SMILES string of the molecule is O=C(NC(Cc1ccc2[nH]ncc2c1)C(=O)N1CCC(N2CCCCC2)CC1)ON1CCC(n2c(=O)[nH]c3ccccc32)CC1. The third kappa shape index (κ3) is 6.48. The Morgan fingerprint density at radius 3 is 2.47 bits per heavy atom. The van der Waals surface area contributed by atoms with Gasteiger partial charge in [0.1, 0.15) is 6.04 Å². The van der Waals surface area contributed by atoms with Gasteiger partial charge in [-0.15, -0.1) is 5.06 Å². The molecule has 2 amide bonds. The van der Waals surface area contributed by atoms with Crippen molar-refractivity contribution >= 4 is 33.9 Å². The van der Waals surface area contributed by atoms with Gasteiger partial charge in [-0.1, -0.05) is 24.6 Å². The van der Waals surface area contributed by atoms with E-state index in [1.807, 2.05) is 51.9 Å². The molecule has 1 atom stereocenters. The molecule has 4 aromatic rings. The van der Waals surface area contributed by atoms with Crippen molar-refractivity contribution in [1.29, 1.82) is 0 Å². The molecular weight excluding hydrogens is 572 g/mol. The number of piperidine rings is 3. The van der Waals surface area contributed by atoms with Gasteiger partial charge in [-0.25, -0.2) is 9.59 Å². The standard InChI is InChI=1S/C33H42N8O4/c42-31(39-16-10-25(11-17-39)38-14-4-1-5-15-38)29(21-23-8-9-27-24(20-23)22-34-37-27)36-33(44)45-40-18-12-26(13-19-40)41-30-7-3-2-6-28(30)35-32(41)43/h2-3,6-9,20,22,25-26,29H,1,4-5,10-19,21H2,(H,34,37)(H,35,43)(H,36,44). The van der Waals surface area contributed by atoms with E-state index in [0.29, 0.717) is 51.5 Å². The Morgan fingerprint density at radius 1 is 0.911 bits per heavy atom. The van der Waals surface area contributed by atoms with Gasteiger partial charge >= 0.3 is 11.8 Å². The van der Waals surface area contributed by atoms with Gasteiger partial charge in [0.05, 0.1) is 22.7 Å². The molecule has 238 valence electrons. The number of nitrogens with one attached hydrogen (secondary N) is 3. The zero-order valence-corrected chi connectivity index (χ0v) is 25.6. The lowest BCUT2D eigenvalue weighted by atomic mass is 9.98. The monoisotopic (exact) mass is 614 g/mol. The fourth-order valence-corrected chi connectivity index (χ4v) is 7.42. The highest BCUT2D eigenvalue weighted by atomic mass is 16.7. The van der Waals surface area contributed by atoms with E-state index in [9.17, 15) is 14.4 Å². The summed E-state index contributed by atoms with van der Waals surface area (Å²) >= 11 is 0. The Labute approximate surface area is 261 Å². The van der Waals surface area contributed by atoms with E-state index in [1.54, 1.807) is 11.3 Å². The van der Waals surface area contributed by atoms with Crippen LogP contribution in [0, 0.1) is 0 Å². The summed E-state index contributed by atoms with van der Waals surface area (Å²) in [5.41, 5.74) is 3.44. The first-order chi connectivity index (χ1) is 22.0. The minimum Gasteiger partial charge on any atom is -0.351 e. The minimum atomic E-state index is -0.754. The van der Waals surface area contributed by atoms with Crippen LogP contribution in [-0.4, -0.2) is 98.0 Å². The number of aromatic nitrogens is 4. The number of para-hydroxylation sites is 2. The van der Waals surface area contributed by atoms with Crippen molar-refractivity contribution < 1.29 is 14.4 Å². The highest BCUT2D eigenvalue weighted by Gasteiger charge is 2.33. The first-order valence-corrected chi connectivity index (χ1v) is 16.4. The topological polar surface area (TPSA) is 132 Å². The smallest absolute Gasteiger partial charge is 0.351 e. The van der Waals surface area contributed by atoms with Crippen molar-refractivity contribution in [3.63, 3.8) is 0 Å². The molecule has 7 rings (SSSR count). The molecule has 1 unspecified atom stereocenters. The number of fused-ring (bicyclic) bond motifs is 2. The first kappa shape index (κ1) is 29.5. The van der Waals surface area contributed by atoms with Crippen molar-refractivity contribution in [1.82, 2.24) is 39.9 Å². The van der Waals surface area contributed by atoms with Crippen molar-refractivity contribution in [3.05, 3.63) is 64.7 Å². The number of imidazole rings is 1. The lowest BCUT2D eigenvalue weighted by Gasteiger charge is -2.41. The Hall–Kier alpha value is -4.16. The number of amides is 2. The highest BCUT2D eigenvalue weighted by Crippen LogP contribution is 2.26. The lowest BCUT2D eigenvalue weighted by Crippen LogP contribution is -2.54. The molecule has 0 saturated carbocycles. The van der Waals surface area contributed by atoms with E-state index >= 15 is 0 Å². The molecular formula is C33H42N8O4. The van der Waals surface area contributed by atoms with Crippen LogP contribution in [0.3, 0.4) is 0 Å². The maximum absolute atomic E-state index is 13.9. The summed E-state index contributed by atoms with van der Waals surface area (Å²) in [5.74, 6) is -0.0752. The van der Waals surface area contributed by atoms with Gasteiger partial charge in [-0.3, -0.25) is 14.5 Å². The van der Waals surface area contributed by atoms with Crippen LogP contribution in [0.1, 0.15) is 56.6 Å². The number of aromatic amines is 2. The van der Waals surface area contributed by atoms with Gasteiger partial charge in [0.25, 0.3) is 0 Å². The summed E-state index contributed by atoms with van der Waals surface area (Å²) in [7, 11) is 0. The van der Waals surface area contributed by atoms with Crippen LogP contribution in [0.4, 0.5) is 4.79 Å². The fraction of sp³-hybridized carbons (Fsp3) is 0.515. The van der Waals surface area contributed by atoms with E-state index in [1.165, 1.54) is 19.3 Å². The third-order valence-electron chi connectivity index (χ3n) is 9.84. The number of H-pyrrole nitrogens is 2. The van der Waals surface area contributed by atoms with Crippen molar-refractivity contribution in [3.8, 4) is 0 Å². The van der Waals surface area contributed by atoms with Gasteiger partial charge in [0.15, 0.2) is 0 Å². The lowest BCUT2D eigenvalue weighted by molar-refractivity contribution is -0.137. The summed E-state index contributed by atoms with van der Waals surface area (Å²) in [6, 6.07) is 13.4. The number of nitrogens with zero attached hydrogens (tertiary/aromatic N) is 5. The normalized spacial score (nSPS) is 20.0.